The van der Waals surface area contributed by atoms with E-state index in [9.17, 15) is 9.59 Å². The number of hydrogen-bond donors (Lipinski definition) is 1. The van der Waals surface area contributed by atoms with Crippen LogP contribution in [-0.2, 0) is 22.5 Å². The highest BCUT2D eigenvalue weighted by Crippen LogP contribution is 2.34. The highest BCUT2D eigenvalue weighted by molar-refractivity contribution is 7.16. The third-order valence-electron chi connectivity index (χ3n) is 5.33. The summed E-state index contributed by atoms with van der Waals surface area (Å²) in [5.41, 5.74) is 2.63. The molecule has 1 N–H and O–H groups in total. The van der Waals surface area contributed by atoms with Gasteiger partial charge in [-0.2, -0.15) is 0 Å². The molecular formula is C22H28ClN3O3S. The second kappa shape index (κ2) is 10.4. The Balaban J connectivity index is 1.54. The van der Waals surface area contributed by atoms with Gasteiger partial charge < -0.3 is 10.1 Å². The Hall–Kier alpha value is -1.93. The maximum absolute atomic E-state index is 12.6. The smallest absolute Gasteiger partial charge is 0.341 e. The SMILES string of the molecule is CCc1c(C)sc(NC(=O)CN2CCN(Cc3cccc(Cl)c3)CC2)c1C(=O)OC. The quantitative estimate of drug-likeness (QED) is 0.651. The molecular weight excluding hydrogens is 422 g/mol. The van der Waals surface area contributed by atoms with Crippen molar-refractivity contribution in [1.29, 1.82) is 0 Å². The van der Waals surface area contributed by atoms with Crippen molar-refractivity contribution in [3.05, 3.63) is 50.9 Å². The van der Waals surface area contributed by atoms with Gasteiger partial charge in [-0.25, -0.2) is 4.79 Å². The number of carbonyl (C=O) groups is 2. The fourth-order valence-corrected chi connectivity index (χ4v) is 5.14. The van der Waals surface area contributed by atoms with Crippen LogP contribution in [0.2, 0.25) is 5.02 Å². The fraction of sp³-hybridized carbons (Fsp3) is 0.455. The van der Waals surface area contributed by atoms with E-state index in [4.69, 9.17) is 16.3 Å². The topological polar surface area (TPSA) is 61.9 Å². The van der Waals surface area contributed by atoms with Crippen LogP contribution in [0.5, 0.6) is 0 Å². The van der Waals surface area contributed by atoms with Crippen molar-refractivity contribution in [3.8, 4) is 0 Å². The summed E-state index contributed by atoms with van der Waals surface area (Å²) in [6, 6.07) is 7.93. The number of aryl methyl sites for hydroxylation is 1. The summed E-state index contributed by atoms with van der Waals surface area (Å²) in [4.78, 5) is 30.4. The summed E-state index contributed by atoms with van der Waals surface area (Å²) in [6.45, 7) is 8.56. The van der Waals surface area contributed by atoms with Crippen LogP contribution in [0, 0.1) is 6.92 Å². The van der Waals surface area contributed by atoms with E-state index in [2.05, 4.69) is 21.2 Å². The zero-order valence-corrected chi connectivity index (χ0v) is 19.2. The lowest BCUT2D eigenvalue weighted by Crippen LogP contribution is -2.48. The number of halogens is 1. The molecule has 3 rings (SSSR count). The lowest BCUT2D eigenvalue weighted by molar-refractivity contribution is -0.117. The van der Waals surface area contributed by atoms with Gasteiger partial charge in [-0.1, -0.05) is 30.7 Å². The number of nitrogens with one attached hydrogen (secondary N) is 1. The lowest BCUT2D eigenvalue weighted by atomic mass is 10.1. The fourth-order valence-electron chi connectivity index (χ4n) is 3.78. The first-order chi connectivity index (χ1) is 14.4. The predicted octanol–water partition coefficient (Wildman–Crippen LogP) is 3.82. The number of ether oxygens (including phenoxy) is 1. The molecule has 1 amide bonds. The number of methoxy groups -OCH3 is 1. The van der Waals surface area contributed by atoms with Crippen LogP contribution in [0.4, 0.5) is 5.00 Å². The van der Waals surface area contributed by atoms with Crippen LogP contribution < -0.4 is 5.32 Å². The Kier molecular flexibility index (Phi) is 7.88. The normalized spacial score (nSPS) is 15.2. The molecule has 162 valence electrons. The first-order valence-electron chi connectivity index (χ1n) is 10.1. The summed E-state index contributed by atoms with van der Waals surface area (Å²) >= 11 is 7.50. The maximum Gasteiger partial charge on any atom is 0.341 e. The number of benzene rings is 1. The number of esters is 1. The average molecular weight is 450 g/mol. The number of rotatable bonds is 7. The van der Waals surface area contributed by atoms with Gasteiger partial charge in [0.1, 0.15) is 5.00 Å². The van der Waals surface area contributed by atoms with Crippen molar-refractivity contribution in [2.75, 3.05) is 45.2 Å². The highest BCUT2D eigenvalue weighted by Gasteiger charge is 2.24. The van der Waals surface area contributed by atoms with E-state index in [1.54, 1.807) is 0 Å². The van der Waals surface area contributed by atoms with Gasteiger partial charge in [0.25, 0.3) is 0 Å². The van der Waals surface area contributed by atoms with Gasteiger partial charge in [0.05, 0.1) is 19.2 Å². The monoisotopic (exact) mass is 449 g/mol. The number of amides is 1. The van der Waals surface area contributed by atoms with Crippen molar-refractivity contribution in [3.63, 3.8) is 0 Å². The summed E-state index contributed by atoms with van der Waals surface area (Å²) < 4.78 is 4.92. The zero-order chi connectivity index (χ0) is 21.7. The summed E-state index contributed by atoms with van der Waals surface area (Å²) in [7, 11) is 1.36. The molecule has 30 heavy (non-hydrogen) atoms. The molecule has 1 saturated heterocycles. The molecule has 0 atom stereocenters. The number of nitrogens with zero attached hydrogens (tertiary/aromatic N) is 2. The van der Waals surface area contributed by atoms with Crippen LogP contribution in [0.15, 0.2) is 24.3 Å². The van der Waals surface area contributed by atoms with E-state index in [1.165, 1.54) is 24.0 Å². The summed E-state index contributed by atoms with van der Waals surface area (Å²) in [6.07, 6.45) is 0.719. The van der Waals surface area contributed by atoms with Crippen LogP contribution >= 0.6 is 22.9 Å². The molecule has 0 aliphatic carbocycles. The summed E-state index contributed by atoms with van der Waals surface area (Å²) in [5, 5.41) is 4.27. The highest BCUT2D eigenvalue weighted by atomic mass is 35.5. The molecule has 1 aromatic heterocycles. The van der Waals surface area contributed by atoms with Crippen molar-refractivity contribution in [2.45, 2.75) is 26.8 Å². The number of thiophene rings is 1. The standard InChI is InChI=1S/C22H28ClN3O3S/c1-4-18-15(2)30-21(20(18)22(28)29-3)24-19(27)14-26-10-8-25(9-11-26)13-16-6-5-7-17(23)12-16/h5-7,12H,4,8-11,13-14H2,1-3H3,(H,24,27). The Morgan fingerprint density at radius 1 is 1.20 bits per heavy atom. The van der Waals surface area contributed by atoms with E-state index < -0.39 is 5.97 Å². The van der Waals surface area contributed by atoms with Crippen molar-refractivity contribution in [1.82, 2.24) is 9.80 Å². The van der Waals surface area contributed by atoms with E-state index in [-0.39, 0.29) is 5.91 Å². The van der Waals surface area contributed by atoms with E-state index in [1.807, 2.05) is 32.0 Å². The van der Waals surface area contributed by atoms with Crippen molar-refractivity contribution in [2.24, 2.45) is 0 Å². The molecule has 6 nitrogen and oxygen atoms in total. The molecule has 0 bridgehead atoms. The molecule has 1 aliphatic heterocycles. The third kappa shape index (κ3) is 5.60. The van der Waals surface area contributed by atoms with Gasteiger partial charge in [-0.05, 0) is 36.6 Å². The molecule has 0 saturated carbocycles. The Morgan fingerprint density at radius 2 is 1.90 bits per heavy atom. The second-order valence-corrected chi connectivity index (χ2v) is 9.08. The maximum atomic E-state index is 12.6. The van der Waals surface area contributed by atoms with Crippen LogP contribution in [0.1, 0.15) is 33.3 Å². The minimum Gasteiger partial charge on any atom is -0.465 e. The van der Waals surface area contributed by atoms with Gasteiger partial charge >= 0.3 is 5.97 Å². The first-order valence-corrected chi connectivity index (χ1v) is 11.3. The van der Waals surface area contributed by atoms with Crippen LogP contribution in [-0.4, -0.2) is 61.5 Å². The molecule has 1 aromatic carbocycles. The van der Waals surface area contributed by atoms with E-state index in [0.717, 1.165) is 54.6 Å². The molecule has 0 unspecified atom stereocenters. The van der Waals surface area contributed by atoms with Gasteiger partial charge in [0.15, 0.2) is 0 Å². The number of hydrogen-bond acceptors (Lipinski definition) is 6. The molecule has 0 radical (unpaired) electrons. The molecule has 2 aromatic rings. The Morgan fingerprint density at radius 3 is 2.53 bits per heavy atom. The second-order valence-electron chi connectivity index (χ2n) is 7.42. The molecule has 1 fully saturated rings. The minimum atomic E-state index is -0.402. The molecule has 8 heteroatoms. The van der Waals surface area contributed by atoms with Gasteiger partial charge in [0.2, 0.25) is 5.91 Å². The van der Waals surface area contributed by atoms with Gasteiger partial charge in [-0.3, -0.25) is 14.6 Å². The Bertz CT molecular complexity index is 907. The van der Waals surface area contributed by atoms with Crippen molar-refractivity contribution >= 4 is 39.8 Å². The third-order valence-corrected chi connectivity index (χ3v) is 6.63. The molecule has 1 aliphatic rings. The van der Waals surface area contributed by atoms with E-state index >= 15 is 0 Å². The Labute approximate surface area is 186 Å². The molecule has 2 heterocycles. The van der Waals surface area contributed by atoms with Crippen LogP contribution in [0.25, 0.3) is 0 Å². The largest absolute Gasteiger partial charge is 0.465 e. The van der Waals surface area contributed by atoms with Gasteiger partial charge in [0, 0.05) is 42.6 Å². The summed E-state index contributed by atoms with van der Waals surface area (Å²) in [5.74, 6) is -0.506. The first kappa shape index (κ1) is 22.7. The number of anilines is 1. The predicted molar refractivity (Wildman–Crippen MR) is 122 cm³/mol. The number of carbonyl (C=O) groups excluding carboxylic acids is 2. The van der Waals surface area contributed by atoms with Crippen LogP contribution in [0.3, 0.4) is 0 Å². The van der Waals surface area contributed by atoms with Crippen molar-refractivity contribution < 1.29 is 14.3 Å². The van der Waals surface area contributed by atoms with Gasteiger partial charge in [-0.15, -0.1) is 11.3 Å². The average Bonchev–Trinajstić information content (AvgIpc) is 3.03. The minimum absolute atomic E-state index is 0.104. The lowest BCUT2D eigenvalue weighted by Gasteiger charge is -2.34. The van der Waals surface area contributed by atoms with E-state index in [0.29, 0.717) is 17.1 Å². The zero-order valence-electron chi connectivity index (χ0n) is 17.7. The molecule has 0 spiro atoms. The number of piperazine rings is 1.